The lowest BCUT2D eigenvalue weighted by molar-refractivity contribution is 0.0467. The van der Waals surface area contributed by atoms with Gasteiger partial charge in [-0.3, -0.25) is 9.59 Å². The predicted molar refractivity (Wildman–Crippen MR) is 132 cm³/mol. The Bertz CT molecular complexity index is 1480. The van der Waals surface area contributed by atoms with Crippen LogP contribution in [0.15, 0.2) is 63.9 Å². The van der Waals surface area contributed by atoms with Gasteiger partial charge in [0.15, 0.2) is 5.65 Å². The number of carbonyl (C=O) groups is 2. The molecule has 4 aromatic rings. The summed E-state index contributed by atoms with van der Waals surface area (Å²) >= 11 is 6.24. The minimum absolute atomic E-state index is 0.0279. The van der Waals surface area contributed by atoms with Crippen molar-refractivity contribution in [2.75, 3.05) is 5.32 Å². The van der Waals surface area contributed by atoms with Crippen LogP contribution < -0.4 is 10.9 Å². The van der Waals surface area contributed by atoms with Crippen molar-refractivity contribution in [3.63, 3.8) is 0 Å². The van der Waals surface area contributed by atoms with Gasteiger partial charge in [-0.05, 0) is 48.2 Å². The summed E-state index contributed by atoms with van der Waals surface area (Å²) in [7, 11) is 0. The van der Waals surface area contributed by atoms with Crippen molar-refractivity contribution in [1.82, 2.24) is 9.56 Å². The lowest BCUT2D eigenvalue weighted by Gasteiger charge is -2.19. The molecule has 0 saturated heterocycles. The van der Waals surface area contributed by atoms with E-state index in [0.717, 1.165) is 10.1 Å². The van der Waals surface area contributed by atoms with Gasteiger partial charge in [-0.15, -0.1) is 4.57 Å². The highest BCUT2D eigenvalue weighted by molar-refractivity contribution is 6.34. The molecule has 0 aliphatic rings. The molecule has 1 N–H and O–H groups in total. The Morgan fingerprint density at radius 1 is 1.06 bits per heavy atom. The Labute approximate surface area is 206 Å². The molecule has 35 heavy (non-hydrogen) atoms. The second-order valence-electron chi connectivity index (χ2n) is 9.14. The molecule has 180 valence electrons. The number of halogens is 1. The standard InChI is InChI=1S/C26H24ClN3O5/c1-15-11-22-28-19(13-23(31)30(22)35-15)14-34-25(33)17-7-10-20(27)21(12-17)29-24(32)16-5-8-18(9-6-16)26(2,3)4/h5-13H,14H2,1-4H3,(H,29,32). The Morgan fingerprint density at radius 3 is 2.43 bits per heavy atom. The van der Waals surface area contributed by atoms with Crippen molar-refractivity contribution in [3.05, 3.63) is 98.1 Å². The number of hydrogen-bond acceptors (Lipinski definition) is 6. The first-order valence-corrected chi connectivity index (χ1v) is 11.3. The van der Waals surface area contributed by atoms with Gasteiger partial charge in [0.25, 0.3) is 11.5 Å². The number of nitrogens with one attached hydrogen (secondary N) is 1. The molecule has 2 aromatic carbocycles. The smallest absolute Gasteiger partial charge is 0.338 e. The zero-order valence-corrected chi connectivity index (χ0v) is 20.5. The number of amides is 1. The van der Waals surface area contributed by atoms with E-state index in [1.807, 2.05) is 12.1 Å². The van der Waals surface area contributed by atoms with Gasteiger partial charge < -0.3 is 14.6 Å². The maximum atomic E-state index is 12.7. The molecule has 0 fully saturated rings. The highest BCUT2D eigenvalue weighted by Crippen LogP contribution is 2.26. The summed E-state index contributed by atoms with van der Waals surface area (Å²) in [6, 6.07) is 14.6. The Balaban J connectivity index is 1.46. The van der Waals surface area contributed by atoms with E-state index in [4.69, 9.17) is 20.9 Å². The fourth-order valence-electron chi connectivity index (χ4n) is 3.43. The molecule has 0 aliphatic heterocycles. The first-order valence-electron chi connectivity index (χ1n) is 10.9. The van der Waals surface area contributed by atoms with Crippen LogP contribution in [0.25, 0.3) is 5.65 Å². The fraction of sp³-hybridized carbons (Fsp3) is 0.231. The highest BCUT2D eigenvalue weighted by atomic mass is 35.5. The molecule has 4 rings (SSSR count). The summed E-state index contributed by atoms with van der Waals surface area (Å²) in [5.74, 6) is -0.479. The summed E-state index contributed by atoms with van der Waals surface area (Å²) in [6.45, 7) is 7.78. The first kappa shape index (κ1) is 24.2. The molecule has 1 amide bonds. The van der Waals surface area contributed by atoms with E-state index in [1.54, 1.807) is 25.1 Å². The number of aryl methyl sites for hydroxylation is 1. The molecular formula is C26H24ClN3O5. The molecule has 0 spiro atoms. The van der Waals surface area contributed by atoms with Gasteiger partial charge >= 0.3 is 5.97 Å². The summed E-state index contributed by atoms with van der Waals surface area (Å²) in [4.78, 5) is 41.7. The first-order chi connectivity index (χ1) is 16.5. The topological polar surface area (TPSA) is 103 Å². The largest absolute Gasteiger partial charge is 0.456 e. The number of fused-ring (bicyclic) bond motifs is 1. The third kappa shape index (κ3) is 5.44. The van der Waals surface area contributed by atoms with E-state index in [9.17, 15) is 14.4 Å². The number of hydrogen-bond donors (Lipinski definition) is 1. The summed E-state index contributed by atoms with van der Waals surface area (Å²) in [5, 5.41) is 3.01. The van der Waals surface area contributed by atoms with Crippen molar-refractivity contribution < 1.29 is 18.8 Å². The van der Waals surface area contributed by atoms with Crippen molar-refractivity contribution in [3.8, 4) is 0 Å². The van der Waals surface area contributed by atoms with Gasteiger partial charge in [0.1, 0.15) is 12.4 Å². The molecule has 0 unspecified atom stereocenters. The van der Waals surface area contributed by atoms with E-state index >= 15 is 0 Å². The number of benzene rings is 2. The monoisotopic (exact) mass is 493 g/mol. The van der Waals surface area contributed by atoms with Crippen LogP contribution in [0.1, 0.15) is 58.5 Å². The third-order valence-electron chi connectivity index (χ3n) is 5.34. The number of esters is 1. The zero-order chi connectivity index (χ0) is 25.3. The number of carbonyl (C=O) groups excluding carboxylic acids is 2. The summed E-state index contributed by atoms with van der Waals surface area (Å²) in [5.41, 5.74) is 2.20. The molecule has 0 atom stereocenters. The van der Waals surface area contributed by atoms with Crippen LogP contribution >= 0.6 is 11.6 Å². The minimum Gasteiger partial charge on any atom is -0.456 e. The number of nitrogens with zero attached hydrogens (tertiary/aromatic N) is 2. The van der Waals surface area contributed by atoms with Crippen LogP contribution in [-0.4, -0.2) is 21.4 Å². The van der Waals surface area contributed by atoms with Gasteiger partial charge in [-0.1, -0.05) is 44.5 Å². The van der Waals surface area contributed by atoms with E-state index in [-0.39, 0.29) is 39.9 Å². The van der Waals surface area contributed by atoms with E-state index in [0.29, 0.717) is 17.0 Å². The van der Waals surface area contributed by atoms with Crippen LogP contribution in [0, 0.1) is 6.92 Å². The highest BCUT2D eigenvalue weighted by Gasteiger charge is 2.17. The Morgan fingerprint density at radius 2 is 1.74 bits per heavy atom. The zero-order valence-electron chi connectivity index (χ0n) is 19.7. The van der Waals surface area contributed by atoms with Crippen molar-refractivity contribution in [2.45, 2.75) is 39.7 Å². The predicted octanol–water partition coefficient (Wildman–Crippen LogP) is 5.16. The van der Waals surface area contributed by atoms with Crippen molar-refractivity contribution >= 4 is 34.8 Å². The summed E-state index contributed by atoms with van der Waals surface area (Å²) in [6.07, 6.45) is 0. The van der Waals surface area contributed by atoms with Gasteiger partial charge in [0, 0.05) is 17.7 Å². The molecule has 0 aliphatic carbocycles. The average molecular weight is 494 g/mol. The number of anilines is 1. The quantitative estimate of drug-likeness (QED) is 0.385. The second kappa shape index (κ2) is 9.38. The molecule has 9 heteroatoms. The minimum atomic E-state index is -0.655. The Kier molecular flexibility index (Phi) is 6.49. The molecule has 0 radical (unpaired) electrons. The number of rotatable bonds is 5. The van der Waals surface area contributed by atoms with Crippen LogP contribution in [-0.2, 0) is 16.8 Å². The molecule has 0 saturated carbocycles. The Hall–Kier alpha value is -3.91. The van der Waals surface area contributed by atoms with Crippen LogP contribution in [0.2, 0.25) is 5.02 Å². The lowest BCUT2D eigenvalue weighted by Crippen LogP contribution is -2.16. The number of aromatic nitrogens is 2. The lowest BCUT2D eigenvalue weighted by atomic mass is 9.87. The maximum absolute atomic E-state index is 12.7. The average Bonchev–Trinajstić information content (AvgIpc) is 3.19. The van der Waals surface area contributed by atoms with Crippen molar-refractivity contribution in [2.24, 2.45) is 0 Å². The normalized spacial score (nSPS) is 11.5. The molecule has 2 heterocycles. The van der Waals surface area contributed by atoms with Gasteiger partial charge in [-0.2, -0.15) is 0 Å². The van der Waals surface area contributed by atoms with E-state index < -0.39 is 11.5 Å². The van der Waals surface area contributed by atoms with Gasteiger partial charge in [-0.25, -0.2) is 9.78 Å². The van der Waals surface area contributed by atoms with Crippen LogP contribution in [0.5, 0.6) is 0 Å². The van der Waals surface area contributed by atoms with E-state index in [1.165, 1.54) is 24.3 Å². The van der Waals surface area contributed by atoms with E-state index in [2.05, 4.69) is 31.1 Å². The van der Waals surface area contributed by atoms with Crippen molar-refractivity contribution in [1.29, 1.82) is 0 Å². The second-order valence-corrected chi connectivity index (χ2v) is 9.54. The SMILES string of the molecule is Cc1cc2nc(COC(=O)c3ccc(Cl)c(NC(=O)c4ccc(C(C)(C)C)cc4)c3)cc(=O)n2o1. The van der Waals surface area contributed by atoms with Gasteiger partial charge in [0.2, 0.25) is 0 Å². The van der Waals surface area contributed by atoms with Crippen LogP contribution in [0.3, 0.4) is 0 Å². The maximum Gasteiger partial charge on any atom is 0.338 e. The fourth-order valence-corrected chi connectivity index (χ4v) is 3.60. The molecule has 0 bridgehead atoms. The third-order valence-corrected chi connectivity index (χ3v) is 5.67. The summed E-state index contributed by atoms with van der Waals surface area (Å²) < 4.78 is 11.6. The van der Waals surface area contributed by atoms with Gasteiger partial charge in [0.05, 0.1) is 22.0 Å². The molecule has 8 nitrogen and oxygen atoms in total. The molecular weight excluding hydrogens is 470 g/mol. The molecule has 2 aromatic heterocycles. The number of ether oxygens (including phenoxy) is 1. The van der Waals surface area contributed by atoms with Crippen LogP contribution in [0.4, 0.5) is 5.69 Å².